The van der Waals surface area contributed by atoms with Crippen LogP contribution in [-0.4, -0.2) is 23.0 Å². The van der Waals surface area contributed by atoms with Crippen LogP contribution in [0.2, 0.25) is 13.1 Å². The van der Waals surface area contributed by atoms with Gasteiger partial charge >= 0.3 is 0 Å². The van der Waals surface area contributed by atoms with Gasteiger partial charge in [0.25, 0.3) is 0 Å². The van der Waals surface area contributed by atoms with E-state index in [1.54, 1.807) is 0 Å². The lowest BCUT2D eigenvalue weighted by Gasteiger charge is -2.19. The number of rotatable bonds is 5. The van der Waals surface area contributed by atoms with Gasteiger partial charge in [0.2, 0.25) is 0 Å². The molecule has 0 unspecified atom stereocenters. The maximum Gasteiger partial charge on any atom is 0.164 e. The first-order chi connectivity index (χ1) is 24.0. The van der Waals surface area contributed by atoms with Crippen molar-refractivity contribution in [2.45, 2.75) is 13.1 Å². The lowest BCUT2D eigenvalue weighted by Crippen LogP contribution is -2.49. The van der Waals surface area contributed by atoms with Gasteiger partial charge in [-0.3, -0.25) is 0 Å². The first kappa shape index (κ1) is 29.2. The Morgan fingerprint density at radius 1 is 0.347 bits per heavy atom. The second-order valence-corrected chi connectivity index (χ2v) is 17.6. The Labute approximate surface area is 287 Å². The molecule has 7 aromatic carbocycles. The first-order valence-electron chi connectivity index (χ1n) is 16.8. The van der Waals surface area contributed by atoms with Crippen LogP contribution in [0.4, 0.5) is 0 Å². The van der Waals surface area contributed by atoms with E-state index in [1.807, 2.05) is 12.1 Å². The number of benzene rings is 7. The quantitative estimate of drug-likeness (QED) is 0.175. The van der Waals surface area contributed by atoms with Crippen molar-refractivity contribution in [3.05, 3.63) is 164 Å². The van der Waals surface area contributed by atoms with E-state index >= 15 is 0 Å². The van der Waals surface area contributed by atoms with E-state index in [9.17, 15) is 0 Å². The fourth-order valence-corrected chi connectivity index (χ4v) is 10.4. The third-order valence-corrected chi connectivity index (χ3v) is 13.4. The molecular formula is C45H33N3Si. The summed E-state index contributed by atoms with van der Waals surface area (Å²) in [6.45, 7) is 4.92. The monoisotopic (exact) mass is 643 g/mol. The van der Waals surface area contributed by atoms with E-state index in [-0.39, 0.29) is 0 Å². The molecule has 3 nitrogen and oxygen atoms in total. The molecule has 1 aliphatic rings. The van der Waals surface area contributed by atoms with Crippen LogP contribution in [-0.2, 0) is 0 Å². The van der Waals surface area contributed by atoms with Crippen LogP contribution in [0, 0.1) is 0 Å². The van der Waals surface area contributed by atoms with E-state index in [4.69, 9.17) is 15.0 Å². The van der Waals surface area contributed by atoms with Crippen LogP contribution in [0.5, 0.6) is 0 Å². The average Bonchev–Trinajstić information content (AvgIpc) is 3.39. The Morgan fingerprint density at radius 3 is 1.57 bits per heavy atom. The van der Waals surface area contributed by atoms with Gasteiger partial charge in [-0.1, -0.05) is 165 Å². The van der Waals surface area contributed by atoms with Crippen LogP contribution in [0.3, 0.4) is 0 Å². The molecule has 0 radical (unpaired) electrons. The minimum Gasteiger partial charge on any atom is -0.208 e. The molecule has 0 atom stereocenters. The highest BCUT2D eigenvalue weighted by Crippen LogP contribution is 2.38. The van der Waals surface area contributed by atoms with Crippen molar-refractivity contribution in [2.75, 3.05) is 0 Å². The standard InChI is InChI=1S/C45H33N3Si/c1-49(2)40-22-12-21-38(42(40)39-28-35-17-9-10-18-36(35)29-41(39)49)45-47-43(33-25-23-32(24-26-33)30-13-5-3-6-14-30)46-44(48-45)37-20-11-19-34(27-37)31-15-7-4-8-16-31/h3-29H,1-2H3. The minimum absolute atomic E-state index is 0.663. The molecule has 49 heavy (non-hydrogen) atoms. The highest BCUT2D eigenvalue weighted by molar-refractivity contribution is 7.04. The molecule has 2 heterocycles. The number of hydrogen-bond donors (Lipinski definition) is 0. The number of hydrogen-bond acceptors (Lipinski definition) is 3. The zero-order valence-electron chi connectivity index (χ0n) is 27.4. The normalized spacial score (nSPS) is 12.9. The molecular weight excluding hydrogens is 611 g/mol. The SMILES string of the molecule is C[Si]1(C)c2cc3ccccc3cc2-c2c(-c3nc(-c4ccc(-c5ccccc5)cc4)nc(-c4cccc(-c5ccccc5)c4)n3)cccc21. The minimum atomic E-state index is -1.97. The summed E-state index contributed by atoms with van der Waals surface area (Å²) in [5.41, 5.74) is 10.2. The van der Waals surface area contributed by atoms with Crippen molar-refractivity contribution in [1.29, 1.82) is 0 Å². The van der Waals surface area contributed by atoms with E-state index in [1.165, 1.54) is 37.8 Å². The van der Waals surface area contributed by atoms with E-state index in [0.717, 1.165) is 33.4 Å². The van der Waals surface area contributed by atoms with Gasteiger partial charge in [-0.05, 0) is 66.7 Å². The number of aromatic nitrogens is 3. The van der Waals surface area contributed by atoms with E-state index in [2.05, 4.69) is 165 Å². The number of fused-ring (bicyclic) bond motifs is 4. The third kappa shape index (κ3) is 5.09. The largest absolute Gasteiger partial charge is 0.208 e. The second kappa shape index (κ2) is 11.6. The lowest BCUT2D eigenvalue weighted by molar-refractivity contribution is 1.07. The molecule has 8 aromatic rings. The van der Waals surface area contributed by atoms with Crippen molar-refractivity contribution < 1.29 is 0 Å². The molecule has 1 aliphatic heterocycles. The van der Waals surface area contributed by atoms with Crippen molar-refractivity contribution in [1.82, 2.24) is 15.0 Å². The molecule has 0 saturated carbocycles. The number of nitrogens with zero attached hydrogens (tertiary/aromatic N) is 3. The van der Waals surface area contributed by atoms with Gasteiger partial charge in [-0.15, -0.1) is 0 Å². The zero-order chi connectivity index (χ0) is 33.0. The molecule has 232 valence electrons. The zero-order valence-corrected chi connectivity index (χ0v) is 28.4. The summed E-state index contributed by atoms with van der Waals surface area (Å²) in [7, 11) is -1.97. The summed E-state index contributed by atoms with van der Waals surface area (Å²) in [5, 5.41) is 5.44. The fraction of sp³-hybridized carbons (Fsp3) is 0.0444. The van der Waals surface area contributed by atoms with Gasteiger partial charge in [0.15, 0.2) is 17.5 Å². The Balaban J connectivity index is 1.25. The molecule has 0 bridgehead atoms. The summed E-state index contributed by atoms with van der Waals surface area (Å²) in [6, 6.07) is 58.2. The molecule has 0 fully saturated rings. The van der Waals surface area contributed by atoms with Gasteiger partial charge in [0.05, 0.1) is 0 Å². The molecule has 4 heteroatoms. The molecule has 0 aliphatic carbocycles. The van der Waals surface area contributed by atoms with Crippen LogP contribution in [0.25, 0.3) is 78.3 Å². The Morgan fingerprint density at radius 2 is 0.857 bits per heavy atom. The summed E-state index contributed by atoms with van der Waals surface area (Å²) in [6.07, 6.45) is 0. The molecule has 0 amide bonds. The second-order valence-electron chi connectivity index (χ2n) is 13.3. The maximum atomic E-state index is 5.25. The topological polar surface area (TPSA) is 38.7 Å². The van der Waals surface area contributed by atoms with Gasteiger partial charge < -0.3 is 0 Å². The smallest absolute Gasteiger partial charge is 0.164 e. The highest BCUT2D eigenvalue weighted by Gasteiger charge is 2.39. The van der Waals surface area contributed by atoms with Crippen LogP contribution in [0.1, 0.15) is 0 Å². The van der Waals surface area contributed by atoms with Crippen LogP contribution < -0.4 is 10.4 Å². The van der Waals surface area contributed by atoms with Gasteiger partial charge in [-0.25, -0.2) is 15.0 Å². The van der Waals surface area contributed by atoms with Crippen molar-refractivity contribution >= 4 is 29.2 Å². The molecule has 9 rings (SSSR count). The van der Waals surface area contributed by atoms with E-state index in [0.29, 0.717) is 17.5 Å². The summed E-state index contributed by atoms with van der Waals surface area (Å²) in [4.78, 5) is 15.6. The Kier molecular flexibility index (Phi) is 6.92. The Hall–Kier alpha value is -5.97. The van der Waals surface area contributed by atoms with Crippen LogP contribution >= 0.6 is 0 Å². The average molecular weight is 644 g/mol. The van der Waals surface area contributed by atoms with Gasteiger partial charge in [0.1, 0.15) is 8.07 Å². The predicted octanol–water partition coefficient (Wildman–Crippen LogP) is 10.2. The van der Waals surface area contributed by atoms with Gasteiger partial charge in [0, 0.05) is 16.7 Å². The molecule has 0 spiro atoms. The molecule has 0 N–H and O–H groups in total. The Bertz CT molecular complexity index is 2510. The first-order valence-corrected chi connectivity index (χ1v) is 19.8. The van der Waals surface area contributed by atoms with Gasteiger partial charge in [-0.2, -0.15) is 0 Å². The maximum absolute atomic E-state index is 5.25. The molecule has 1 aromatic heterocycles. The van der Waals surface area contributed by atoms with Crippen LogP contribution in [0.15, 0.2) is 164 Å². The van der Waals surface area contributed by atoms with Crippen molar-refractivity contribution in [3.8, 4) is 67.5 Å². The lowest BCUT2D eigenvalue weighted by atomic mass is 9.96. The summed E-state index contributed by atoms with van der Waals surface area (Å²) in [5.74, 6) is 2.02. The van der Waals surface area contributed by atoms with E-state index < -0.39 is 8.07 Å². The molecule has 0 saturated heterocycles. The highest BCUT2D eigenvalue weighted by atomic mass is 28.3. The summed E-state index contributed by atoms with van der Waals surface area (Å²) >= 11 is 0. The third-order valence-electron chi connectivity index (χ3n) is 9.92. The van der Waals surface area contributed by atoms with Crippen molar-refractivity contribution in [2.24, 2.45) is 0 Å². The predicted molar refractivity (Wildman–Crippen MR) is 207 cm³/mol. The fourth-order valence-electron chi connectivity index (χ4n) is 7.32. The summed E-state index contributed by atoms with van der Waals surface area (Å²) < 4.78 is 0. The van der Waals surface area contributed by atoms with Crippen molar-refractivity contribution in [3.63, 3.8) is 0 Å².